The fraction of sp³-hybridized carbons (Fsp3) is 0.100. The summed E-state index contributed by atoms with van der Waals surface area (Å²) in [5.74, 6) is -0.133. The molecule has 2 aromatic rings. The summed E-state index contributed by atoms with van der Waals surface area (Å²) in [6, 6.07) is 2.84. The number of rotatable bonds is 3. The van der Waals surface area contributed by atoms with Gasteiger partial charge in [-0.15, -0.1) is 0 Å². The Morgan fingerprint density at radius 1 is 1.25 bits per heavy atom. The van der Waals surface area contributed by atoms with E-state index in [0.717, 1.165) is 0 Å². The molecule has 0 saturated heterocycles. The van der Waals surface area contributed by atoms with Crippen LogP contribution in [-0.4, -0.2) is 23.4 Å². The molecule has 106 valence electrons. The zero-order valence-corrected chi connectivity index (χ0v) is 13.8. The summed E-state index contributed by atoms with van der Waals surface area (Å²) >= 11 is 14.7. The number of nitrogens with one attached hydrogen (secondary N) is 1. The molecule has 10 heteroatoms. The number of hydrogen-bond donors (Lipinski definition) is 1. The van der Waals surface area contributed by atoms with Crippen LogP contribution in [0.2, 0.25) is 10.3 Å². The predicted molar refractivity (Wildman–Crippen MR) is 79.5 cm³/mol. The van der Waals surface area contributed by atoms with Gasteiger partial charge in [-0.05, 0) is 35.0 Å². The highest BCUT2D eigenvalue weighted by atomic mass is 79.9. The van der Waals surface area contributed by atoms with Gasteiger partial charge in [-0.1, -0.05) is 23.2 Å². The SMILES string of the molecule is Cc1cc(Cl)nc(NS(=O)(=O)c2cc(Br)cnc2Cl)n1. The van der Waals surface area contributed by atoms with E-state index in [0.29, 0.717) is 10.2 Å². The van der Waals surface area contributed by atoms with Crippen LogP contribution in [0.3, 0.4) is 0 Å². The molecule has 0 unspecified atom stereocenters. The summed E-state index contributed by atoms with van der Waals surface area (Å²) in [6.07, 6.45) is 1.39. The number of sulfonamides is 1. The Balaban J connectivity index is 2.43. The van der Waals surface area contributed by atoms with E-state index in [2.05, 4.69) is 35.6 Å². The maximum absolute atomic E-state index is 12.2. The van der Waals surface area contributed by atoms with E-state index in [9.17, 15) is 8.42 Å². The van der Waals surface area contributed by atoms with Crippen molar-refractivity contribution < 1.29 is 8.42 Å². The molecule has 2 aromatic heterocycles. The minimum absolute atomic E-state index is 0.133. The summed E-state index contributed by atoms with van der Waals surface area (Å²) in [7, 11) is -3.96. The molecule has 0 spiro atoms. The normalized spacial score (nSPS) is 11.4. The fourth-order valence-corrected chi connectivity index (χ4v) is 3.47. The molecular weight excluding hydrogens is 391 g/mol. The molecule has 2 heterocycles. The molecule has 0 aliphatic carbocycles. The molecule has 0 amide bonds. The Bertz CT molecular complexity index is 750. The number of aryl methyl sites for hydroxylation is 1. The van der Waals surface area contributed by atoms with Crippen molar-refractivity contribution in [3.05, 3.63) is 38.8 Å². The van der Waals surface area contributed by atoms with Gasteiger partial charge in [-0.3, -0.25) is 0 Å². The third-order valence-corrected chi connectivity index (χ3v) is 4.49. The van der Waals surface area contributed by atoms with Crippen LogP contribution in [-0.2, 0) is 10.0 Å². The Labute approximate surface area is 133 Å². The van der Waals surface area contributed by atoms with E-state index in [-0.39, 0.29) is 21.2 Å². The van der Waals surface area contributed by atoms with E-state index < -0.39 is 10.0 Å². The lowest BCUT2D eigenvalue weighted by molar-refractivity contribution is 0.600. The summed E-state index contributed by atoms with van der Waals surface area (Å²) in [5.41, 5.74) is 0.529. The van der Waals surface area contributed by atoms with Crippen LogP contribution in [0.25, 0.3) is 0 Å². The quantitative estimate of drug-likeness (QED) is 0.635. The van der Waals surface area contributed by atoms with Crippen LogP contribution in [0.15, 0.2) is 27.7 Å². The molecule has 0 fully saturated rings. The molecule has 6 nitrogen and oxygen atoms in total. The summed E-state index contributed by atoms with van der Waals surface area (Å²) < 4.78 is 27.1. The predicted octanol–water partition coefficient (Wildman–Crippen LogP) is 3.05. The Morgan fingerprint density at radius 3 is 2.60 bits per heavy atom. The lowest BCUT2D eigenvalue weighted by atomic mass is 10.5. The van der Waals surface area contributed by atoms with Gasteiger partial charge >= 0.3 is 0 Å². The zero-order valence-electron chi connectivity index (χ0n) is 9.93. The minimum atomic E-state index is -3.96. The van der Waals surface area contributed by atoms with E-state index >= 15 is 0 Å². The van der Waals surface area contributed by atoms with Crippen molar-refractivity contribution >= 4 is 55.1 Å². The molecular formula is C10H7BrCl2N4O2S. The monoisotopic (exact) mass is 396 g/mol. The number of hydrogen-bond acceptors (Lipinski definition) is 5. The largest absolute Gasteiger partial charge is 0.267 e. The van der Waals surface area contributed by atoms with Crippen LogP contribution in [0, 0.1) is 6.92 Å². The summed E-state index contributed by atoms with van der Waals surface area (Å²) in [6.45, 7) is 1.67. The van der Waals surface area contributed by atoms with Crippen LogP contribution in [0.5, 0.6) is 0 Å². The van der Waals surface area contributed by atoms with Crippen molar-refractivity contribution in [2.75, 3.05) is 4.72 Å². The van der Waals surface area contributed by atoms with Gasteiger partial charge in [0.1, 0.15) is 15.2 Å². The molecule has 20 heavy (non-hydrogen) atoms. The van der Waals surface area contributed by atoms with Crippen molar-refractivity contribution in [1.29, 1.82) is 0 Å². The van der Waals surface area contributed by atoms with Gasteiger partial charge in [0.25, 0.3) is 10.0 Å². The highest BCUT2D eigenvalue weighted by Gasteiger charge is 2.21. The molecule has 0 aliphatic heterocycles. The second kappa shape index (κ2) is 5.80. The molecule has 2 rings (SSSR count). The Kier molecular flexibility index (Phi) is 4.48. The number of anilines is 1. The molecule has 0 saturated carbocycles. The smallest absolute Gasteiger partial charge is 0.247 e. The van der Waals surface area contributed by atoms with Gasteiger partial charge in [0, 0.05) is 16.4 Å². The number of nitrogens with zero attached hydrogens (tertiary/aromatic N) is 3. The van der Waals surface area contributed by atoms with E-state index in [1.165, 1.54) is 18.3 Å². The molecule has 0 aromatic carbocycles. The molecule has 0 radical (unpaired) electrons. The number of pyridine rings is 1. The Morgan fingerprint density at radius 2 is 1.95 bits per heavy atom. The average molecular weight is 398 g/mol. The topological polar surface area (TPSA) is 84.8 Å². The van der Waals surface area contributed by atoms with Crippen LogP contribution < -0.4 is 4.72 Å². The first-order valence-electron chi connectivity index (χ1n) is 5.13. The number of halogens is 3. The van der Waals surface area contributed by atoms with Crippen molar-refractivity contribution in [2.24, 2.45) is 0 Å². The molecule has 1 N–H and O–H groups in total. The van der Waals surface area contributed by atoms with E-state index in [1.54, 1.807) is 6.92 Å². The third-order valence-electron chi connectivity index (χ3n) is 2.11. The van der Waals surface area contributed by atoms with Crippen LogP contribution in [0.4, 0.5) is 5.95 Å². The van der Waals surface area contributed by atoms with Crippen molar-refractivity contribution in [3.8, 4) is 0 Å². The van der Waals surface area contributed by atoms with Gasteiger partial charge in [-0.25, -0.2) is 28.1 Å². The van der Waals surface area contributed by atoms with Gasteiger partial charge < -0.3 is 0 Å². The lowest BCUT2D eigenvalue weighted by Gasteiger charge is -2.08. The second-order valence-corrected chi connectivity index (χ2v) is 7.02. The van der Waals surface area contributed by atoms with Gasteiger partial charge in [-0.2, -0.15) is 0 Å². The van der Waals surface area contributed by atoms with Crippen LogP contribution >= 0.6 is 39.1 Å². The van der Waals surface area contributed by atoms with Gasteiger partial charge in [0.15, 0.2) is 0 Å². The highest BCUT2D eigenvalue weighted by Crippen LogP contribution is 2.24. The van der Waals surface area contributed by atoms with E-state index in [4.69, 9.17) is 23.2 Å². The van der Waals surface area contributed by atoms with Crippen molar-refractivity contribution in [1.82, 2.24) is 15.0 Å². The molecule has 0 atom stereocenters. The van der Waals surface area contributed by atoms with Crippen molar-refractivity contribution in [2.45, 2.75) is 11.8 Å². The Hall–Kier alpha value is -0.960. The molecule has 0 aliphatic rings. The first kappa shape index (κ1) is 15.4. The fourth-order valence-electron chi connectivity index (χ4n) is 1.34. The lowest BCUT2D eigenvalue weighted by Crippen LogP contribution is -2.16. The average Bonchev–Trinajstić information content (AvgIpc) is 2.30. The molecule has 0 bridgehead atoms. The van der Waals surface area contributed by atoms with Crippen LogP contribution in [0.1, 0.15) is 5.69 Å². The number of aromatic nitrogens is 3. The minimum Gasteiger partial charge on any atom is -0.247 e. The van der Waals surface area contributed by atoms with E-state index in [1.807, 2.05) is 0 Å². The first-order valence-corrected chi connectivity index (χ1v) is 8.16. The summed E-state index contributed by atoms with van der Waals surface area (Å²) in [4.78, 5) is 11.3. The van der Waals surface area contributed by atoms with Crippen molar-refractivity contribution in [3.63, 3.8) is 0 Å². The van der Waals surface area contributed by atoms with Gasteiger partial charge in [0.2, 0.25) is 5.95 Å². The maximum atomic E-state index is 12.2. The van der Waals surface area contributed by atoms with Gasteiger partial charge in [0.05, 0.1) is 0 Å². The first-order chi connectivity index (χ1) is 9.28. The second-order valence-electron chi connectivity index (χ2n) is 3.70. The maximum Gasteiger partial charge on any atom is 0.267 e. The summed E-state index contributed by atoms with van der Waals surface area (Å²) in [5, 5.41) is -0.0203. The standard InChI is InChI=1S/C10H7BrCl2N4O2S/c1-5-2-8(12)16-10(15-5)17-20(18,19)7-3-6(11)4-14-9(7)13/h2-4H,1H3,(H,15,16,17). The highest BCUT2D eigenvalue weighted by molar-refractivity contribution is 9.10. The zero-order chi connectivity index (χ0) is 14.9. The third kappa shape index (κ3) is 3.57.